The summed E-state index contributed by atoms with van der Waals surface area (Å²) >= 11 is 0. The number of aromatic nitrogens is 1. The molecule has 0 unspecified atom stereocenters. The number of anilines is 1. The molecule has 0 saturated carbocycles. The van der Waals surface area contributed by atoms with Crippen molar-refractivity contribution in [3.63, 3.8) is 0 Å². The summed E-state index contributed by atoms with van der Waals surface area (Å²) in [4.78, 5) is 4.96. The fraction of sp³-hybridized carbons (Fsp3) is 0.393. The third-order valence-electron chi connectivity index (χ3n) is 6.25. The lowest BCUT2D eigenvalue weighted by molar-refractivity contribution is 0.170. The Morgan fingerprint density at radius 3 is 2.28 bits per heavy atom. The van der Waals surface area contributed by atoms with E-state index in [0.717, 1.165) is 41.0 Å². The van der Waals surface area contributed by atoms with Gasteiger partial charge in [0.1, 0.15) is 11.6 Å². The van der Waals surface area contributed by atoms with E-state index >= 15 is 0 Å². The van der Waals surface area contributed by atoms with E-state index in [1.54, 1.807) is 6.07 Å². The standard InChI is InChI=1S/C28H35N3O/c1-18-11-12-25(32)23(13-18)24-14-20(22-10-8-7-9-19(22)2)15-26(30-24)29-21-16-27(3,4)31-28(5,6)17-21/h7-15,21,31-32H,16-17H2,1-6H3,(H,29,30). The van der Waals surface area contributed by atoms with Crippen LogP contribution >= 0.6 is 0 Å². The number of hydrogen-bond acceptors (Lipinski definition) is 4. The van der Waals surface area contributed by atoms with Crippen molar-refractivity contribution >= 4 is 5.82 Å². The van der Waals surface area contributed by atoms with Crippen LogP contribution in [0.15, 0.2) is 54.6 Å². The van der Waals surface area contributed by atoms with Gasteiger partial charge < -0.3 is 15.7 Å². The molecule has 4 heteroatoms. The molecule has 32 heavy (non-hydrogen) atoms. The lowest BCUT2D eigenvalue weighted by Crippen LogP contribution is -2.60. The maximum absolute atomic E-state index is 10.6. The van der Waals surface area contributed by atoms with Crippen LogP contribution in [0.3, 0.4) is 0 Å². The Bertz CT molecular complexity index is 1120. The molecule has 0 bridgehead atoms. The number of hydrogen-bond donors (Lipinski definition) is 3. The van der Waals surface area contributed by atoms with Crippen LogP contribution in [-0.4, -0.2) is 27.2 Å². The first-order valence-electron chi connectivity index (χ1n) is 11.5. The fourth-order valence-electron chi connectivity index (χ4n) is 5.28. The van der Waals surface area contributed by atoms with Crippen molar-refractivity contribution in [2.75, 3.05) is 5.32 Å². The summed E-state index contributed by atoms with van der Waals surface area (Å²) in [6.45, 7) is 13.2. The first kappa shape index (κ1) is 22.3. The van der Waals surface area contributed by atoms with E-state index in [-0.39, 0.29) is 16.8 Å². The van der Waals surface area contributed by atoms with Crippen molar-refractivity contribution < 1.29 is 5.11 Å². The maximum atomic E-state index is 10.6. The van der Waals surface area contributed by atoms with Crippen molar-refractivity contribution in [1.29, 1.82) is 0 Å². The Hall–Kier alpha value is -2.85. The fourth-order valence-corrected chi connectivity index (χ4v) is 5.28. The smallest absolute Gasteiger partial charge is 0.127 e. The van der Waals surface area contributed by atoms with Crippen LogP contribution in [0, 0.1) is 13.8 Å². The number of rotatable bonds is 4. The third-order valence-corrected chi connectivity index (χ3v) is 6.25. The summed E-state index contributed by atoms with van der Waals surface area (Å²) in [5.74, 6) is 1.10. The van der Waals surface area contributed by atoms with Gasteiger partial charge in [-0.15, -0.1) is 0 Å². The van der Waals surface area contributed by atoms with Crippen molar-refractivity contribution in [2.24, 2.45) is 0 Å². The Balaban J connectivity index is 1.79. The van der Waals surface area contributed by atoms with Crippen LogP contribution in [0.25, 0.3) is 22.4 Å². The SMILES string of the molecule is Cc1ccc(O)c(-c2cc(-c3ccccc3C)cc(NC3CC(C)(C)NC(C)(C)C3)n2)c1. The monoisotopic (exact) mass is 429 g/mol. The molecule has 3 aromatic rings. The Kier molecular flexibility index (Phi) is 5.76. The predicted molar refractivity (Wildman–Crippen MR) is 134 cm³/mol. The molecule has 2 heterocycles. The first-order valence-corrected chi connectivity index (χ1v) is 11.5. The van der Waals surface area contributed by atoms with Crippen LogP contribution < -0.4 is 10.6 Å². The summed E-state index contributed by atoms with van der Waals surface area (Å²) in [5, 5.41) is 18.1. The Labute approximate surface area is 192 Å². The lowest BCUT2D eigenvalue weighted by atomic mass is 9.79. The number of piperidine rings is 1. The highest BCUT2D eigenvalue weighted by Gasteiger charge is 2.37. The number of aryl methyl sites for hydroxylation is 2. The predicted octanol–water partition coefficient (Wildman–Crippen LogP) is 6.46. The highest BCUT2D eigenvalue weighted by Crippen LogP contribution is 2.36. The average molecular weight is 430 g/mol. The molecule has 4 rings (SSSR count). The maximum Gasteiger partial charge on any atom is 0.127 e. The zero-order valence-electron chi connectivity index (χ0n) is 20.1. The molecule has 1 aromatic heterocycles. The number of aromatic hydroxyl groups is 1. The van der Waals surface area contributed by atoms with Crippen LogP contribution in [0.2, 0.25) is 0 Å². The molecule has 0 spiro atoms. The number of phenols is 1. The van der Waals surface area contributed by atoms with Gasteiger partial charge in [-0.25, -0.2) is 4.98 Å². The molecular formula is C28H35N3O. The molecule has 4 nitrogen and oxygen atoms in total. The molecule has 168 valence electrons. The quantitative estimate of drug-likeness (QED) is 0.445. The summed E-state index contributed by atoms with van der Waals surface area (Å²) in [7, 11) is 0. The minimum absolute atomic E-state index is 0.0463. The summed E-state index contributed by atoms with van der Waals surface area (Å²) in [6, 6.07) is 18.6. The molecule has 1 aliphatic rings. The van der Waals surface area contributed by atoms with Crippen molar-refractivity contribution in [2.45, 2.75) is 71.5 Å². The van der Waals surface area contributed by atoms with Crippen molar-refractivity contribution in [3.8, 4) is 28.1 Å². The van der Waals surface area contributed by atoms with Crippen molar-refractivity contribution in [3.05, 3.63) is 65.7 Å². The minimum Gasteiger partial charge on any atom is -0.507 e. The molecule has 1 fully saturated rings. The van der Waals surface area contributed by atoms with Crippen LogP contribution in [0.4, 0.5) is 5.82 Å². The molecule has 1 aliphatic heterocycles. The van der Waals surface area contributed by atoms with Gasteiger partial charge in [-0.05, 0) is 95.3 Å². The first-order chi connectivity index (χ1) is 15.0. The number of phenolic OH excluding ortho intramolecular Hbond substituents is 1. The summed E-state index contributed by atoms with van der Waals surface area (Å²) in [5.41, 5.74) is 6.22. The van der Waals surface area contributed by atoms with Gasteiger partial charge in [-0.1, -0.05) is 35.9 Å². The van der Waals surface area contributed by atoms with E-state index in [0.29, 0.717) is 6.04 Å². The molecule has 2 aromatic carbocycles. The molecule has 0 atom stereocenters. The van der Waals surface area contributed by atoms with Gasteiger partial charge in [0.25, 0.3) is 0 Å². The average Bonchev–Trinajstić information content (AvgIpc) is 2.67. The van der Waals surface area contributed by atoms with E-state index in [1.807, 2.05) is 19.1 Å². The van der Waals surface area contributed by atoms with Gasteiger partial charge in [0.2, 0.25) is 0 Å². The van der Waals surface area contributed by atoms with Gasteiger partial charge >= 0.3 is 0 Å². The zero-order chi connectivity index (χ0) is 23.1. The van der Waals surface area contributed by atoms with E-state index in [4.69, 9.17) is 4.98 Å². The third kappa shape index (κ3) is 4.97. The number of nitrogens with one attached hydrogen (secondary N) is 2. The van der Waals surface area contributed by atoms with Gasteiger partial charge in [0.15, 0.2) is 0 Å². The summed E-state index contributed by atoms with van der Waals surface area (Å²) < 4.78 is 0. The highest BCUT2D eigenvalue weighted by molar-refractivity contribution is 5.77. The molecule has 3 N–H and O–H groups in total. The molecule has 0 amide bonds. The highest BCUT2D eigenvalue weighted by atomic mass is 16.3. The molecule has 0 aliphatic carbocycles. The van der Waals surface area contributed by atoms with E-state index in [1.165, 1.54) is 11.1 Å². The zero-order valence-corrected chi connectivity index (χ0v) is 20.1. The topological polar surface area (TPSA) is 57.2 Å². The van der Waals surface area contributed by atoms with Crippen LogP contribution in [-0.2, 0) is 0 Å². The molecular weight excluding hydrogens is 394 g/mol. The second-order valence-corrected chi connectivity index (χ2v) is 10.6. The van der Waals surface area contributed by atoms with E-state index in [9.17, 15) is 5.11 Å². The normalized spacial score (nSPS) is 17.8. The molecule has 0 radical (unpaired) electrons. The van der Waals surface area contributed by atoms with Crippen LogP contribution in [0.5, 0.6) is 5.75 Å². The van der Waals surface area contributed by atoms with Gasteiger partial charge in [0.05, 0.1) is 5.69 Å². The van der Waals surface area contributed by atoms with Gasteiger partial charge in [-0.3, -0.25) is 0 Å². The second kappa shape index (κ2) is 8.25. The van der Waals surface area contributed by atoms with Gasteiger partial charge in [-0.2, -0.15) is 0 Å². The van der Waals surface area contributed by atoms with Crippen molar-refractivity contribution in [1.82, 2.24) is 10.3 Å². The Morgan fingerprint density at radius 1 is 0.906 bits per heavy atom. The number of pyridine rings is 1. The molecule has 1 saturated heterocycles. The Morgan fingerprint density at radius 2 is 1.59 bits per heavy atom. The van der Waals surface area contributed by atoms with Gasteiger partial charge in [0, 0.05) is 22.7 Å². The lowest BCUT2D eigenvalue weighted by Gasteiger charge is -2.46. The number of benzene rings is 2. The van der Waals surface area contributed by atoms with E-state index in [2.05, 4.69) is 81.7 Å². The minimum atomic E-state index is 0.0463. The number of nitrogens with zero attached hydrogens (tertiary/aromatic N) is 1. The summed E-state index contributed by atoms with van der Waals surface area (Å²) in [6.07, 6.45) is 2.02. The second-order valence-electron chi connectivity index (χ2n) is 10.6. The largest absolute Gasteiger partial charge is 0.507 e. The van der Waals surface area contributed by atoms with E-state index < -0.39 is 0 Å². The van der Waals surface area contributed by atoms with Crippen LogP contribution in [0.1, 0.15) is 51.7 Å².